The monoisotopic (exact) mass is 225 g/mol. The van der Waals surface area contributed by atoms with Gasteiger partial charge in [0.2, 0.25) is 5.91 Å². The molecular formula is C12H23N3O. The van der Waals surface area contributed by atoms with Crippen LogP contribution in [-0.4, -0.2) is 54.5 Å². The highest BCUT2D eigenvalue weighted by molar-refractivity contribution is 5.83. The van der Waals surface area contributed by atoms with Crippen LogP contribution >= 0.6 is 0 Å². The molecule has 2 fully saturated rings. The summed E-state index contributed by atoms with van der Waals surface area (Å²) in [5, 5.41) is 0. The first-order valence-electron chi connectivity index (χ1n) is 6.15. The van der Waals surface area contributed by atoms with Crippen molar-refractivity contribution in [3.63, 3.8) is 0 Å². The molecule has 92 valence electrons. The minimum atomic E-state index is -0.123. The fourth-order valence-electron chi connectivity index (χ4n) is 2.73. The molecule has 0 aromatic heterocycles. The van der Waals surface area contributed by atoms with Crippen LogP contribution in [0.3, 0.4) is 0 Å². The van der Waals surface area contributed by atoms with E-state index in [1.54, 1.807) is 0 Å². The zero-order valence-electron chi connectivity index (χ0n) is 10.6. The normalized spacial score (nSPS) is 31.6. The fraction of sp³-hybridized carbons (Fsp3) is 0.917. The van der Waals surface area contributed by atoms with Crippen LogP contribution in [0.5, 0.6) is 0 Å². The largest absolute Gasteiger partial charge is 0.338 e. The molecule has 0 aromatic carbocycles. The van der Waals surface area contributed by atoms with Crippen LogP contribution in [0.4, 0.5) is 0 Å². The topological polar surface area (TPSA) is 49.6 Å². The maximum absolute atomic E-state index is 12.4. The Balaban J connectivity index is 2.22. The van der Waals surface area contributed by atoms with Crippen LogP contribution in [0, 0.1) is 5.41 Å². The third-order valence-corrected chi connectivity index (χ3v) is 3.59. The number of likely N-dealkylation sites (N-methyl/N-ethyl adjacent to an activating group) is 1. The van der Waals surface area contributed by atoms with Gasteiger partial charge in [-0.25, -0.2) is 0 Å². The van der Waals surface area contributed by atoms with E-state index in [0.717, 1.165) is 13.1 Å². The second-order valence-electron chi connectivity index (χ2n) is 6.03. The lowest BCUT2D eigenvalue weighted by atomic mass is 9.92. The lowest BCUT2D eigenvalue weighted by molar-refractivity contribution is -0.135. The summed E-state index contributed by atoms with van der Waals surface area (Å²) in [6, 6.07) is 0.370. The predicted octanol–water partition coefficient (Wildman–Crippen LogP) is 0.276. The summed E-state index contributed by atoms with van der Waals surface area (Å²) in [6.45, 7) is 6.69. The third-order valence-electron chi connectivity index (χ3n) is 3.59. The maximum Gasteiger partial charge on any atom is 0.241 e. The summed E-state index contributed by atoms with van der Waals surface area (Å²) < 4.78 is 0. The highest BCUT2D eigenvalue weighted by Crippen LogP contribution is 2.33. The highest BCUT2D eigenvalue weighted by atomic mass is 16.2. The first kappa shape index (κ1) is 11.9. The van der Waals surface area contributed by atoms with Gasteiger partial charge in [0, 0.05) is 25.7 Å². The predicted molar refractivity (Wildman–Crippen MR) is 64.0 cm³/mol. The number of hydrogen-bond acceptors (Lipinski definition) is 3. The van der Waals surface area contributed by atoms with Crippen LogP contribution in [0.2, 0.25) is 0 Å². The molecule has 0 aromatic rings. The smallest absolute Gasteiger partial charge is 0.241 e. The van der Waals surface area contributed by atoms with Gasteiger partial charge in [0.05, 0.1) is 0 Å². The zero-order chi connectivity index (χ0) is 11.9. The van der Waals surface area contributed by atoms with Gasteiger partial charge in [-0.1, -0.05) is 13.8 Å². The Morgan fingerprint density at radius 1 is 1.38 bits per heavy atom. The molecular weight excluding hydrogens is 202 g/mol. The number of amides is 1. The van der Waals surface area contributed by atoms with Crippen molar-refractivity contribution >= 4 is 5.91 Å². The van der Waals surface area contributed by atoms with Gasteiger partial charge in [0.1, 0.15) is 6.04 Å². The lowest BCUT2D eigenvalue weighted by Gasteiger charge is -2.29. The molecule has 0 bridgehead atoms. The molecule has 1 saturated carbocycles. The first-order chi connectivity index (χ1) is 7.44. The summed E-state index contributed by atoms with van der Waals surface area (Å²) in [5.41, 5.74) is 5.90. The van der Waals surface area contributed by atoms with Crippen molar-refractivity contribution in [1.82, 2.24) is 9.80 Å². The molecule has 2 N–H and O–H groups in total. The Morgan fingerprint density at radius 3 is 2.50 bits per heavy atom. The molecule has 1 saturated heterocycles. The van der Waals surface area contributed by atoms with E-state index in [4.69, 9.17) is 5.73 Å². The molecule has 0 spiro atoms. The van der Waals surface area contributed by atoms with Gasteiger partial charge in [-0.3, -0.25) is 9.69 Å². The number of carbonyl (C=O) groups excluding carboxylic acids is 1. The maximum atomic E-state index is 12.4. The molecule has 2 aliphatic rings. The standard InChI is InChI=1S/C12H23N3O/c1-12(2)7-14(3)10(6-13)11(16)15(8-12)9-4-5-9/h9-10H,4-8,13H2,1-3H3. The molecule has 16 heavy (non-hydrogen) atoms. The minimum absolute atomic E-state index is 0.123. The number of hydrogen-bond donors (Lipinski definition) is 1. The molecule has 0 radical (unpaired) electrons. The van der Waals surface area contributed by atoms with Crippen molar-refractivity contribution in [2.24, 2.45) is 11.1 Å². The van der Waals surface area contributed by atoms with E-state index >= 15 is 0 Å². The Bertz CT molecular complexity index is 286. The van der Waals surface area contributed by atoms with Crippen molar-refractivity contribution in [1.29, 1.82) is 0 Å². The summed E-state index contributed by atoms with van der Waals surface area (Å²) in [7, 11) is 2.01. The minimum Gasteiger partial charge on any atom is -0.338 e. The second-order valence-corrected chi connectivity index (χ2v) is 6.03. The Hall–Kier alpha value is -0.610. The van der Waals surface area contributed by atoms with Gasteiger partial charge < -0.3 is 10.6 Å². The van der Waals surface area contributed by atoms with E-state index in [0.29, 0.717) is 12.6 Å². The molecule has 1 heterocycles. The van der Waals surface area contributed by atoms with Gasteiger partial charge in [0.15, 0.2) is 0 Å². The van der Waals surface area contributed by atoms with Crippen molar-refractivity contribution in [2.75, 3.05) is 26.7 Å². The number of carbonyl (C=O) groups is 1. The average Bonchev–Trinajstić information content (AvgIpc) is 2.96. The summed E-state index contributed by atoms with van der Waals surface area (Å²) in [6.07, 6.45) is 2.34. The van der Waals surface area contributed by atoms with Crippen LogP contribution < -0.4 is 5.73 Å². The molecule has 4 nitrogen and oxygen atoms in total. The number of nitrogens with zero attached hydrogens (tertiary/aromatic N) is 2. The van der Waals surface area contributed by atoms with Crippen molar-refractivity contribution in [3.05, 3.63) is 0 Å². The second kappa shape index (κ2) is 4.00. The van der Waals surface area contributed by atoms with Gasteiger partial charge in [-0.2, -0.15) is 0 Å². The Morgan fingerprint density at radius 2 is 2.00 bits per heavy atom. The van der Waals surface area contributed by atoms with Crippen LogP contribution in [0.1, 0.15) is 26.7 Å². The molecule has 1 unspecified atom stereocenters. The van der Waals surface area contributed by atoms with Crippen LogP contribution in [-0.2, 0) is 4.79 Å². The molecule has 1 atom stereocenters. The van der Waals surface area contributed by atoms with E-state index in [1.807, 2.05) is 7.05 Å². The van der Waals surface area contributed by atoms with Crippen LogP contribution in [0.25, 0.3) is 0 Å². The lowest BCUT2D eigenvalue weighted by Crippen LogP contribution is -2.49. The highest BCUT2D eigenvalue weighted by Gasteiger charge is 2.42. The van der Waals surface area contributed by atoms with Crippen molar-refractivity contribution < 1.29 is 4.79 Å². The zero-order valence-corrected chi connectivity index (χ0v) is 10.6. The van der Waals surface area contributed by atoms with E-state index in [1.165, 1.54) is 12.8 Å². The van der Waals surface area contributed by atoms with Crippen LogP contribution in [0.15, 0.2) is 0 Å². The van der Waals surface area contributed by atoms with E-state index in [2.05, 4.69) is 23.6 Å². The number of nitrogens with two attached hydrogens (primary N) is 1. The van der Waals surface area contributed by atoms with Gasteiger partial charge in [-0.15, -0.1) is 0 Å². The van der Waals surface area contributed by atoms with Gasteiger partial charge in [0.25, 0.3) is 0 Å². The molecule has 1 aliphatic carbocycles. The first-order valence-corrected chi connectivity index (χ1v) is 6.15. The molecule has 4 heteroatoms. The average molecular weight is 225 g/mol. The summed E-state index contributed by atoms with van der Waals surface area (Å²) in [4.78, 5) is 16.5. The summed E-state index contributed by atoms with van der Waals surface area (Å²) >= 11 is 0. The Labute approximate surface area is 97.8 Å². The summed E-state index contributed by atoms with van der Waals surface area (Å²) in [5.74, 6) is 0.234. The fourth-order valence-corrected chi connectivity index (χ4v) is 2.73. The number of rotatable bonds is 2. The third kappa shape index (κ3) is 2.23. The van der Waals surface area contributed by atoms with Crippen molar-refractivity contribution in [2.45, 2.75) is 38.8 Å². The van der Waals surface area contributed by atoms with E-state index < -0.39 is 0 Å². The van der Waals surface area contributed by atoms with Gasteiger partial charge >= 0.3 is 0 Å². The Kier molecular flexibility index (Phi) is 2.97. The SMILES string of the molecule is CN1CC(C)(C)CN(C2CC2)C(=O)C1CN. The van der Waals surface area contributed by atoms with Crippen molar-refractivity contribution in [3.8, 4) is 0 Å². The molecule has 1 amide bonds. The quantitative estimate of drug-likeness (QED) is 0.734. The molecule has 1 aliphatic heterocycles. The molecule has 2 rings (SSSR count). The van der Waals surface area contributed by atoms with E-state index in [9.17, 15) is 4.79 Å². The van der Waals surface area contributed by atoms with E-state index in [-0.39, 0.29) is 17.4 Å². The van der Waals surface area contributed by atoms with Gasteiger partial charge in [-0.05, 0) is 25.3 Å².